The summed E-state index contributed by atoms with van der Waals surface area (Å²) in [7, 11) is 2.24. The van der Waals surface area contributed by atoms with Crippen LogP contribution in [-0.4, -0.2) is 25.0 Å². The number of fused-ring (bicyclic) bond motifs is 1. The number of nitrogens with zero attached hydrogens (tertiary/aromatic N) is 1. The number of piperidine rings is 1. The summed E-state index contributed by atoms with van der Waals surface area (Å²) in [5, 5.41) is 0. The van der Waals surface area contributed by atoms with Gasteiger partial charge in [-0.25, -0.2) is 0 Å². The van der Waals surface area contributed by atoms with Crippen molar-refractivity contribution in [3.63, 3.8) is 0 Å². The number of hydrogen-bond acceptors (Lipinski definition) is 1. The lowest BCUT2D eigenvalue weighted by Crippen LogP contribution is -2.30. The van der Waals surface area contributed by atoms with E-state index in [-0.39, 0.29) is 0 Å². The Morgan fingerprint density at radius 2 is 2.20 bits per heavy atom. The zero-order chi connectivity index (χ0) is 7.35. The minimum absolute atomic E-state index is 0.743. The molecular weight excluding hydrogens is 122 g/mol. The second-order valence-corrected chi connectivity index (χ2v) is 4.41. The third-order valence-corrected chi connectivity index (χ3v) is 3.92. The second kappa shape index (κ2) is 1.76. The van der Waals surface area contributed by atoms with Gasteiger partial charge in [0.25, 0.3) is 0 Å². The average Bonchev–Trinajstić information content (AvgIpc) is 2.40. The SMILES string of the molecule is C[C@@H]1[C@@H]2CN(C)CC[C@@]12C. The molecule has 0 radical (unpaired) electrons. The van der Waals surface area contributed by atoms with Gasteiger partial charge < -0.3 is 4.90 Å². The number of hydrogen-bond donors (Lipinski definition) is 0. The van der Waals surface area contributed by atoms with Crippen molar-refractivity contribution >= 4 is 0 Å². The van der Waals surface area contributed by atoms with Crippen molar-refractivity contribution < 1.29 is 0 Å². The average molecular weight is 139 g/mol. The predicted octanol–water partition coefficient (Wildman–Crippen LogP) is 1.59. The van der Waals surface area contributed by atoms with Crippen LogP contribution in [-0.2, 0) is 0 Å². The lowest BCUT2D eigenvalue weighted by molar-refractivity contribution is 0.222. The quantitative estimate of drug-likeness (QED) is 0.492. The Hall–Kier alpha value is -0.0400. The summed E-state index contributed by atoms with van der Waals surface area (Å²) in [6, 6.07) is 0. The van der Waals surface area contributed by atoms with Crippen molar-refractivity contribution in [2.45, 2.75) is 20.3 Å². The molecule has 0 amide bonds. The highest BCUT2D eigenvalue weighted by atomic mass is 15.1. The summed E-state index contributed by atoms with van der Waals surface area (Å²) < 4.78 is 0. The van der Waals surface area contributed by atoms with E-state index in [4.69, 9.17) is 0 Å². The molecule has 0 aromatic heterocycles. The van der Waals surface area contributed by atoms with E-state index in [0.717, 1.165) is 17.3 Å². The van der Waals surface area contributed by atoms with Crippen LogP contribution in [0, 0.1) is 17.3 Å². The first-order valence-corrected chi connectivity index (χ1v) is 4.33. The van der Waals surface area contributed by atoms with Crippen LogP contribution in [0.4, 0.5) is 0 Å². The van der Waals surface area contributed by atoms with Crippen molar-refractivity contribution in [2.24, 2.45) is 17.3 Å². The van der Waals surface area contributed by atoms with Crippen LogP contribution in [0.3, 0.4) is 0 Å². The zero-order valence-corrected chi connectivity index (χ0v) is 7.22. The fourth-order valence-electron chi connectivity index (χ4n) is 2.55. The molecule has 2 rings (SSSR count). The number of likely N-dealkylation sites (tertiary alicyclic amines) is 1. The van der Waals surface area contributed by atoms with Crippen molar-refractivity contribution in [3.8, 4) is 0 Å². The lowest BCUT2D eigenvalue weighted by atomic mass is 9.97. The molecule has 0 aromatic rings. The van der Waals surface area contributed by atoms with Crippen molar-refractivity contribution in [1.29, 1.82) is 0 Å². The molecule has 1 saturated heterocycles. The van der Waals surface area contributed by atoms with Crippen molar-refractivity contribution in [2.75, 3.05) is 20.1 Å². The van der Waals surface area contributed by atoms with Gasteiger partial charge in [0, 0.05) is 6.54 Å². The van der Waals surface area contributed by atoms with Gasteiger partial charge >= 0.3 is 0 Å². The van der Waals surface area contributed by atoms with Crippen LogP contribution < -0.4 is 0 Å². The molecule has 2 aliphatic rings. The standard InChI is InChI=1S/C9H17N/c1-7-8-6-10(3)5-4-9(7,8)2/h7-8H,4-6H2,1-3H3/t7-,8+,9+/m1/s1. The van der Waals surface area contributed by atoms with Crippen molar-refractivity contribution in [1.82, 2.24) is 4.90 Å². The maximum atomic E-state index is 2.47. The summed E-state index contributed by atoms with van der Waals surface area (Å²) in [4.78, 5) is 2.47. The summed E-state index contributed by atoms with van der Waals surface area (Å²) in [6.07, 6.45) is 1.43. The fraction of sp³-hybridized carbons (Fsp3) is 1.00. The summed E-state index contributed by atoms with van der Waals surface area (Å²) in [5.41, 5.74) is 0.743. The molecular formula is C9H17N. The van der Waals surface area contributed by atoms with E-state index in [0.29, 0.717) is 0 Å². The maximum absolute atomic E-state index is 2.47. The molecule has 1 aliphatic carbocycles. The highest BCUT2D eigenvalue weighted by molar-refractivity contribution is 5.08. The fourth-order valence-corrected chi connectivity index (χ4v) is 2.55. The topological polar surface area (TPSA) is 3.24 Å². The Morgan fingerprint density at radius 1 is 1.50 bits per heavy atom. The van der Waals surface area contributed by atoms with Gasteiger partial charge in [0.1, 0.15) is 0 Å². The largest absolute Gasteiger partial charge is 0.306 e. The maximum Gasteiger partial charge on any atom is 0.00147 e. The van der Waals surface area contributed by atoms with E-state index < -0.39 is 0 Å². The Kier molecular flexibility index (Phi) is 1.17. The molecule has 1 heteroatoms. The van der Waals surface area contributed by atoms with Crippen LogP contribution in [0.25, 0.3) is 0 Å². The molecule has 0 spiro atoms. The molecule has 0 aromatic carbocycles. The molecule has 3 atom stereocenters. The van der Waals surface area contributed by atoms with Crippen LogP contribution in [0.1, 0.15) is 20.3 Å². The molecule has 0 unspecified atom stereocenters. The second-order valence-electron chi connectivity index (χ2n) is 4.41. The Morgan fingerprint density at radius 3 is 2.70 bits per heavy atom. The Bertz CT molecular complexity index is 155. The van der Waals surface area contributed by atoms with E-state index in [1.807, 2.05) is 0 Å². The molecule has 10 heavy (non-hydrogen) atoms. The zero-order valence-electron chi connectivity index (χ0n) is 7.22. The highest BCUT2D eigenvalue weighted by Gasteiger charge is 2.59. The molecule has 0 bridgehead atoms. The van der Waals surface area contributed by atoms with Gasteiger partial charge in [-0.05, 0) is 37.3 Å². The van der Waals surface area contributed by atoms with Gasteiger partial charge in [0.15, 0.2) is 0 Å². The summed E-state index contributed by atoms with van der Waals surface area (Å²) >= 11 is 0. The van der Waals surface area contributed by atoms with Gasteiger partial charge in [-0.2, -0.15) is 0 Å². The van der Waals surface area contributed by atoms with Gasteiger partial charge in [-0.3, -0.25) is 0 Å². The van der Waals surface area contributed by atoms with Crippen LogP contribution in [0.5, 0.6) is 0 Å². The molecule has 1 aliphatic heterocycles. The molecule has 2 fully saturated rings. The summed E-state index contributed by atoms with van der Waals surface area (Å²) in [5.74, 6) is 2.02. The van der Waals surface area contributed by atoms with Gasteiger partial charge in [0.05, 0.1) is 0 Å². The first kappa shape index (κ1) is 6.66. The van der Waals surface area contributed by atoms with Crippen LogP contribution in [0.15, 0.2) is 0 Å². The Balaban J connectivity index is 2.06. The Labute approximate surface area is 63.4 Å². The highest BCUT2D eigenvalue weighted by Crippen LogP contribution is 2.62. The summed E-state index contributed by atoms with van der Waals surface area (Å²) in [6.45, 7) is 7.52. The van der Waals surface area contributed by atoms with E-state index in [1.165, 1.54) is 19.5 Å². The molecule has 0 N–H and O–H groups in total. The first-order valence-electron chi connectivity index (χ1n) is 4.33. The van der Waals surface area contributed by atoms with E-state index in [2.05, 4.69) is 25.8 Å². The monoisotopic (exact) mass is 139 g/mol. The smallest absolute Gasteiger partial charge is 0.00147 e. The molecule has 1 nitrogen and oxygen atoms in total. The molecule has 1 saturated carbocycles. The third-order valence-electron chi connectivity index (χ3n) is 3.92. The van der Waals surface area contributed by atoms with Crippen LogP contribution >= 0.6 is 0 Å². The van der Waals surface area contributed by atoms with E-state index in [1.54, 1.807) is 0 Å². The third kappa shape index (κ3) is 0.672. The number of rotatable bonds is 0. The predicted molar refractivity (Wildman–Crippen MR) is 42.9 cm³/mol. The van der Waals surface area contributed by atoms with Gasteiger partial charge in [-0.15, -0.1) is 0 Å². The first-order chi connectivity index (χ1) is 4.64. The van der Waals surface area contributed by atoms with Gasteiger partial charge in [0.2, 0.25) is 0 Å². The minimum atomic E-state index is 0.743. The molecule has 1 heterocycles. The van der Waals surface area contributed by atoms with Crippen LogP contribution in [0.2, 0.25) is 0 Å². The van der Waals surface area contributed by atoms with Crippen molar-refractivity contribution in [3.05, 3.63) is 0 Å². The minimum Gasteiger partial charge on any atom is -0.306 e. The van der Waals surface area contributed by atoms with E-state index in [9.17, 15) is 0 Å². The lowest BCUT2D eigenvalue weighted by Gasteiger charge is -2.25. The van der Waals surface area contributed by atoms with Gasteiger partial charge in [-0.1, -0.05) is 13.8 Å². The van der Waals surface area contributed by atoms with E-state index >= 15 is 0 Å². The molecule has 58 valence electrons. The normalized spacial score (nSPS) is 54.3.